The predicted octanol–water partition coefficient (Wildman–Crippen LogP) is 2.49. The molecule has 1 aromatic carbocycles. The van der Waals surface area contributed by atoms with Crippen molar-refractivity contribution in [3.63, 3.8) is 0 Å². The highest BCUT2D eigenvalue weighted by Crippen LogP contribution is 2.18. The topological polar surface area (TPSA) is 26.3 Å². The SMILES string of the molecule is COc1cc(CCI)ccc1C=O. The van der Waals surface area contributed by atoms with E-state index in [1.807, 2.05) is 12.1 Å². The molecular formula is C10H11IO2. The lowest BCUT2D eigenvalue weighted by Gasteiger charge is -2.05. The van der Waals surface area contributed by atoms with Crippen molar-refractivity contribution in [2.24, 2.45) is 0 Å². The van der Waals surface area contributed by atoms with Crippen molar-refractivity contribution in [3.05, 3.63) is 29.3 Å². The van der Waals surface area contributed by atoms with E-state index in [4.69, 9.17) is 4.74 Å². The summed E-state index contributed by atoms with van der Waals surface area (Å²) in [5.41, 5.74) is 1.82. The van der Waals surface area contributed by atoms with Crippen LogP contribution in [0.15, 0.2) is 18.2 Å². The molecule has 0 unspecified atom stereocenters. The number of benzene rings is 1. The van der Waals surface area contributed by atoms with Gasteiger partial charge in [0.2, 0.25) is 0 Å². The van der Waals surface area contributed by atoms with Gasteiger partial charge in [0.15, 0.2) is 6.29 Å². The van der Waals surface area contributed by atoms with E-state index < -0.39 is 0 Å². The monoisotopic (exact) mass is 290 g/mol. The van der Waals surface area contributed by atoms with Crippen molar-refractivity contribution in [1.82, 2.24) is 0 Å². The second-order valence-corrected chi connectivity index (χ2v) is 3.71. The number of aryl methyl sites for hydroxylation is 1. The molecule has 1 aromatic rings. The quantitative estimate of drug-likeness (QED) is 0.484. The smallest absolute Gasteiger partial charge is 0.153 e. The zero-order valence-electron chi connectivity index (χ0n) is 7.42. The summed E-state index contributed by atoms with van der Waals surface area (Å²) >= 11 is 2.32. The average molecular weight is 290 g/mol. The molecule has 2 nitrogen and oxygen atoms in total. The second-order valence-electron chi connectivity index (χ2n) is 2.63. The summed E-state index contributed by atoms with van der Waals surface area (Å²) in [6.45, 7) is 0. The van der Waals surface area contributed by atoms with E-state index in [-0.39, 0.29) is 0 Å². The van der Waals surface area contributed by atoms with Crippen LogP contribution in [0.1, 0.15) is 15.9 Å². The molecule has 0 radical (unpaired) electrons. The van der Waals surface area contributed by atoms with E-state index >= 15 is 0 Å². The minimum absolute atomic E-state index is 0.611. The lowest BCUT2D eigenvalue weighted by molar-refractivity contribution is 0.112. The Bertz CT molecular complexity index is 297. The molecule has 0 N–H and O–H groups in total. The zero-order chi connectivity index (χ0) is 9.68. The number of alkyl halides is 1. The normalized spacial score (nSPS) is 9.69. The van der Waals surface area contributed by atoms with Crippen molar-refractivity contribution >= 4 is 28.9 Å². The Morgan fingerprint density at radius 2 is 2.31 bits per heavy atom. The molecule has 0 bridgehead atoms. The largest absolute Gasteiger partial charge is 0.496 e. The molecular weight excluding hydrogens is 279 g/mol. The summed E-state index contributed by atoms with van der Waals surface area (Å²) in [7, 11) is 1.58. The molecule has 1 rings (SSSR count). The Morgan fingerprint density at radius 3 is 2.85 bits per heavy atom. The fourth-order valence-corrected chi connectivity index (χ4v) is 1.74. The summed E-state index contributed by atoms with van der Waals surface area (Å²) in [4.78, 5) is 10.6. The predicted molar refractivity (Wildman–Crippen MR) is 61.0 cm³/mol. The number of methoxy groups -OCH3 is 1. The number of aldehydes is 1. The summed E-state index contributed by atoms with van der Waals surface area (Å²) in [5, 5.41) is 0. The maximum atomic E-state index is 10.6. The molecule has 0 heterocycles. The lowest BCUT2D eigenvalue weighted by atomic mass is 10.1. The number of ether oxygens (including phenoxy) is 1. The van der Waals surface area contributed by atoms with Crippen LogP contribution in [0, 0.1) is 0 Å². The van der Waals surface area contributed by atoms with Gasteiger partial charge >= 0.3 is 0 Å². The highest BCUT2D eigenvalue weighted by Gasteiger charge is 2.02. The van der Waals surface area contributed by atoms with E-state index in [1.165, 1.54) is 5.56 Å². The molecule has 0 aliphatic carbocycles. The zero-order valence-corrected chi connectivity index (χ0v) is 9.58. The first-order valence-corrected chi connectivity index (χ1v) is 5.52. The van der Waals surface area contributed by atoms with Crippen molar-refractivity contribution in [2.75, 3.05) is 11.5 Å². The van der Waals surface area contributed by atoms with Crippen molar-refractivity contribution < 1.29 is 9.53 Å². The lowest BCUT2D eigenvalue weighted by Crippen LogP contribution is -1.93. The van der Waals surface area contributed by atoms with Gasteiger partial charge in [-0.15, -0.1) is 0 Å². The Kier molecular flexibility index (Phi) is 4.21. The van der Waals surface area contributed by atoms with Gasteiger partial charge < -0.3 is 4.74 Å². The summed E-state index contributed by atoms with van der Waals surface area (Å²) < 4.78 is 6.16. The van der Waals surface area contributed by atoms with Crippen LogP contribution in [-0.2, 0) is 6.42 Å². The van der Waals surface area contributed by atoms with Gasteiger partial charge in [0, 0.05) is 4.43 Å². The van der Waals surface area contributed by atoms with Gasteiger partial charge in [-0.05, 0) is 24.1 Å². The van der Waals surface area contributed by atoms with Crippen LogP contribution in [0.2, 0.25) is 0 Å². The third-order valence-corrected chi connectivity index (χ3v) is 2.35. The molecule has 0 amide bonds. The minimum atomic E-state index is 0.611. The maximum Gasteiger partial charge on any atom is 0.153 e. The third-order valence-electron chi connectivity index (χ3n) is 1.81. The molecule has 3 heteroatoms. The van der Waals surface area contributed by atoms with Gasteiger partial charge in [-0.25, -0.2) is 0 Å². The van der Waals surface area contributed by atoms with E-state index in [9.17, 15) is 4.79 Å². The van der Waals surface area contributed by atoms with Crippen LogP contribution in [0.25, 0.3) is 0 Å². The number of carbonyl (C=O) groups excluding carboxylic acids is 1. The minimum Gasteiger partial charge on any atom is -0.496 e. The maximum absolute atomic E-state index is 10.6. The average Bonchev–Trinajstić information content (AvgIpc) is 2.18. The molecule has 0 spiro atoms. The molecule has 0 saturated heterocycles. The fourth-order valence-electron chi connectivity index (χ4n) is 1.12. The molecule has 0 fully saturated rings. The molecule has 13 heavy (non-hydrogen) atoms. The fraction of sp³-hybridized carbons (Fsp3) is 0.300. The van der Waals surface area contributed by atoms with Gasteiger partial charge in [0.05, 0.1) is 12.7 Å². The van der Waals surface area contributed by atoms with Crippen LogP contribution in [0.5, 0.6) is 5.75 Å². The summed E-state index contributed by atoms with van der Waals surface area (Å²) in [6, 6.07) is 5.68. The highest BCUT2D eigenvalue weighted by molar-refractivity contribution is 14.1. The van der Waals surface area contributed by atoms with E-state index in [2.05, 4.69) is 22.6 Å². The molecule has 0 aliphatic heterocycles. The van der Waals surface area contributed by atoms with Crippen LogP contribution < -0.4 is 4.74 Å². The number of carbonyl (C=O) groups is 1. The van der Waals surface area contributed by atoms with Gasteiger partial charge in [-0.1, -0.05) is 28.7 Å². The Labute approximate surface area is 91.4 Å². The van der Waals surface area contributed by atoms with Gasteiger partial charge in [-0.3, -0.25) is 4.79 Å². The van der Waals surface area contributed by atoms with E-state index in [0.717, 1.165) is 17.1 Å². The first-order chi connectivity index (χ1) is 6.31. The van der Waals surface area contributed by atoms with Crippen molar-refractivity contribution in [1.29, 1.82) is 0 Å². The summed E-state index contributed by atoms with van der Waals surface area (Å²) in [6.07, 6.45) is 1.82. The van der Waals surface area contributed by atoms with Crippen molar-refractivity contribution in [3.8, 4) is 5.75 Å². The van der Waals surface area contributed by atoms with Gasteiger partial charge in [0.1, 0.15) is 5.75 Å². The molecule has 0 atom stereocenters. The van der Waals surface area contributed by atoms with Gasteiger partial charge in [0.25, 0.3) is 0 Å². The molecule has 0 aromatic heterocycles. The molecule has 0 aliphatic rings. The first kappa shape index (κ1) is 10.5. The molecule has 70 valence electrons. The number of rotatable bonds is 4. The number of hydrogen-bond acceptors (Lipinski definition) is 2. The third kappa shape index (κ3) is 2.69. The Balaban J connectivity index is 2.98. The number of hydrogen-bond donors (Lipinski definition) is 0. The number of halogens is 1. The van der Waals surface area contributed by atoms with E-state index in [0.29, 0.717) is 11.3 Å². The Morgan fingerprint density at radius 1 is 1.54 bits per heavy atom. The standard InChI is InChI=1S/C10H11IO2/c1-13-10-6-8(4-5-11)2-3-9(10)7-12/h2-3,6-7H,4-5H2,1H3. The van der Waals surface area contributed by atoms with Gasteiger partial charge in [-0.2, -0.15) is 0 Å². The highest BCUT2D eigenvalue weighted by atomic mass is 127. The van der Waals surface area contributed by atoms with Crippen LogP contribution >= 0.6 is 22.6 Å². The first-order valence-electron chi connectivity index (χ1n) is 4.00. The van der Waals surface area contributed by atoms with Crippen LogP contribution in [0.4, 0.5) is 0 Å². The van der Waals surface area contributed by atoms with Crippen LogP contribution in [-0.4, -0.2) is 17.8 Å². The van der Waals surface area contributed by atoms with Crippen LogP contribution in [0.3, 0.4) is 0 Å². The second kappa shape index (κ2) is 5.21. The van der Waals surface area contributed by atoms with Crippen molar-refractivity contribution in [2.45, 2.75) is 6.42 Å². The molecule has 0 saturated carbocycles. The summed E-state index contributed by atoms with van der Waals surface area (Å²) in [5.74, 6) is 0.664. The Hall–Kier alpha value is -0.580. The van der Waals surface area contributed by atoms with E-state index in [1.54, 1.807) is 13.2 Å².